The van der Waals surface area contributed by atoms with E-state index in [-0.39, 0.29) is 0 Å². The number of furan rings is 1. The minimum Gasteiger partial charge on any atom is -0.496 e. The molecule has 2 rings (SSSR count). The van der Waals surface area contributed by atoms with Gasteiger partial charge in [-0.2, -0.15) is 0 Å². The van der Waals surface area contributed by atoms with Crippen molar-refractivity contribution in [2.75, 3.05) is 7.11 Å². The maximum Gasteiger partial charge on any atom is 0.124 e. The quantitative estimate of drug-likeness (QED) is 0.914. The van der Waals surface area contributed by atoms with Crippen molar-refractivity contribution in [1.29, 1.82) is 0 Å². The molecule has 0 fully saturated rings. The zero-order valence-electron chi connectivity index (χ0n) is 11.9. The minimum atomic E-state index is -0.656. The van der Waals surface area contributed by atoms with Crippen LogP contribution >= 0.6 is 0 Å². The fourth-order valence-electron chi connectivity index (χ4n) is 2.52. The maximum atomic E-state index is 10.5. The Morgan fingerprint density at radius 1 is 1.26 bits per heavy atom. The average Bonchev–Trinajstić information content (AvgIpc) is 2.85. The van der Waals surface area contributed by atoms with E-state index >= 15 is 0 Å². The van der Waals surface area contributed by atoms with Crippen LogP contribution in [0.5, 0.6) is 5.75 Å². The lowest BCUT2D eigenvalue weighted by Crippen LogP contribution is -2.03. The van der Waals surface area contributed by atoms with E-state index in [1.807, 2.05) is 39.0 Å². The second-order valence-electron chi connectivity index (χ2n) is 4.74. The first-order valence-electron chi connectivity index (χ1n) is 6.48. The molecule has 0 saturated heterocycles. The highest BCUT2D eigenvalue weighted by Crippen LogP contribution is 2.31. The van der Waals surface area contributed by atoms with E-state index < -0.39 is 6.10 Å². The first-order chi connectivity index (χ1) is 9.08. The van der Waals surface area contributed by atoms with Crippen molar-refractivity contribution in [2.45, 2.75) is 33.3 Å². The number of hydrogen-bond acceptors (Lipinski definition) is 3. The van der Waals surface area contributed by atoms with E-state index in [0.29, 0.717) is 0 Å². The standard InChI is InChI=1S/C16H20O3/c1-5-14-13(6-7-19-14)15(17)12-8-10(2)16(18-4)11(3)9-12/h6-9,15,17H,5H2,1-4H3. The molecule has 0 aliphatic rings. The van der Waals surface area contributed by atoms with Crippen molar-refractivity contribution in [1.82, 2.24) is 0 Å². The number of aryl methyl sites for hydroxylation is 3. The number of hydrogen-bond donors (Lipinski definition) is 1. The van der Waals surface area contributed by atoms with E-state index in [2.05, 4.69) is 0 Å². The molecule has 102 valence electrons. The van der Waals surface area contributed by atoms with Gasteiger partial charge in [-0.05, 0) is 48.7 Å². The molecular weight excluding hydrogens is 240 g/mol. The number of methoxy groups -OCH3 is 1. The molecule has 1 atom stereocenters. The van der Waals surface area contributed by atoms with Crippen molar-refractivity contribution in [2.24, 2.45) is 0 Å². The third-order valence-electron chi connectivity index (χ3n) is 3.40. The molecule has 0 radical (unpaired) electrons. The predicted molar refractivity (Wildman–Crippen MR) is 74.6 cm³/mol. The molecule has 3 heteroatoms. The van der Waals surface area contributed by atoms with E-state index in [1.165, 1.54) is 0 Å². The van der Waals surface area contributed by atoms with Gasteiger partial charge in [0.2, 0.25) is 0 Å². The van der Waals surface area contributed by atoms with Gasteiger partial charge in [-0.1, -0.05) is 6.92 Å². The summed E-state index contributed by atoms with van der Waals surface area (Å²) in [6.07, 6.45) is 1.74. The molecule has 1 aromatic heterocycles. The zero-order chi connectivity index (χ0) is 14.0. The molecule has 0 saturated carbocycles. The van der Waals surface area contributed by atoms with Gasteiger partial charge in [-0.25, -0.2) is 0 Å². The first-order valence-corrected chi connectivity index (χ1v) is 6.48. The predicted octanol–water partition coefficient (Wildman–Crippen LogP) is 3.55. The number of rotatable bonds is 4. The van der Waals surface area contributed by atoms with Crippen LogP contribution in [-0.2, 0) is 6.42 Å². The van der Waals surface area contributed by atoms with Gasteiger partial charge >= 0.3 is 0 Å². The number of ether oxygens (including phenoxy) is 1. The summed E-state index contributed by atoms with van der Waals surface area (Å²) in [4.78, 5) is 0. The van der Waals surface area contributed by atoms with Gasteiger partial charge < -0.3 is 14.3 Å². The van der Waals surface area contributed by atoms with Gasteiger partial charge in [0, 0.05) is 12.0 Å². The average molecular weight is 260 g/mol. The molecule has 0 bridgehead atoms. The van der Waals surface area contributed by atoms with Gasteiger partial charge in [-0.15, -0.1) is 0 Å². The van der Waals surface area contributed by atoms with Gasteiger partial charge in [0.05, 0.1) is 13.4 Å². The van der Waals surface area contributed by atoms with Gasteiger partial charge in [0.25, 0.3) is 0 Å². The molecule has 2 aromatic rings. The third-order valence-corrected chi connectivity index (χ3v) is 3.40. The van der Waals surface area contributed by atoms with Gasteiger partial charge in [0.15, 0.2) is 0 Å². The monoisotopic (exact) mass is 260 g/mol. The Morgan fingerprint density at radius 2 is 1.89 bits per heavy atom. The molecular formula is C16H20O3. The summed E-state index contributed by atoms with van der Waals surface area (Å²) in [7, 11) is 1.66. The summed E-state index contributed by atoms with van der Waals surface area (Å²) in [5, 5.41) is 10.5. The zero-order valence-corrected chi connectivity index (χ0v) is 11.9. The van der Waals surface area contributed by atoms with Crippen LogP contribution < -0.4 is 4.74 Å². The molecule has 1 aromatic carbocycles. The highest BCUT2D eigenvalue weighted by molar-refractivity contribution is 5.45. The van der Waals surface area contributed by atoms with Crippen LogP contribution in [0, 0.1) is 13.8 Å². The smallest absolute Gasteiger partial charge is 0.124 e. The van der Waals surface area contributed by atoms with Crippen LogP contribution in [0.4, 0.5) is 0 Å². The molecule has 1 N–H and O–H groups in total. The van der Waals surface area contributed by atoms with Crippen molar-refractivity contribution >= 4 is 0 Å². The fraction of sp³-hybridized carbons (Fsp3) is 0.375. The molecule has 0 spiro atoms. The highest BCUT2D eigenvalue weighted by atomic mass is 16.5. The molecule has 19 heavy (non-hydrogen) atoms. The second kappa shape index (κ2) is 5.49. The Balaban J connectivity index is 2.42. The minimum absolute atomic E-state index is 0.656. The molecule has 3 nitrogen and oxygen atoms in total. The van der Waals surface area contributed by atoms with Crippen LogP contribution in [-0.4, -0.2) is 12.2 Å². The van der Waals surface area contributed by atoms with Crippen LogP contribution in [0.15, 0.2) is 28.9 Å². The SMILES string of the molecule is CCc1occc1C(O)c1cc(C)c(OC)c(C)c1. The summed E-state index contributed by atoms with van der Waals surface area (Å²) in [6, 6.07) is 5.75. The van der Waals surface area contributed by atoms with E-state index in [1.54, 1.807) is 13.4 Å². The van der Waals surface area contributed by atoms with E-state index in [9.17, 15) is 5.11 Å². The van der Waals surface area contributed by atoms with Crippen LogP contribution in [0.2, 0.25) is 0 Å². The first kappa shape index (κ1) is 13.7. The van der Waals surface area contributed by atoms with Gasteiger partial charge in [-0.3, -0.25) is 0 Å². The Hall–Kier alpha value is -1.74. The second-order valence-corrected chi connectivity index (χ2v) is 4.74. The summed E-state index contributed by atoms with van der Waals surface area (Å²) in [5.74, 6) is 1.71. The number of aliphatic hydroxyl groups is 1. The summed E-state index contributed by atoms with van der Waals surface area (Å²) in [5.41, 5.74) is 3.76. The summed E-state index contributed by atoms with van der Waals surface area (Å²) < 4.78 is 10.7. The Bertz CT molecular complexity index is 546. The lowest BCUT2D eigenvalue weighted by molar-refractivity contribution is 0.217. The molecule has 0 aliphatic carbocycles. The normalized spacial score (nSPS) is 12.5. The summed E-state index contributed by atoms with van der Waals surface area (Å²) >= 11 is 0. The van der Waals surface area contributed by atoms with E-state index in [4.69, 9.17) is 9.15 Å². The van der Waals surface area contributed by atoms with Crippen LogP contribution in [0.25, 0.3) is 0 Å². The lowest BCUT2D eigenvalue weighted by Gasteiger charge is -2.15. The van der Waals surface area contributed by atoms with Crippen molar-refractivity contribution in [3.63, 3.8) is 0 Å². The Morgan fingerprint density at radius 3 is 2.42 bits per heavy atom. The van der Waals surface area contributed by atoms with Gasteiger partial charge in [0.1, 0.15) is 17.6 Å². The number of aliphatic hydroxyl groups excluding tert-OH is 1. The maximum absolute atomic E-state index is 10.5. The third kappa shape index (κ3) is 2.51. The van der Waals surface area contributed by atoms with E-state index in [0.717, 1.165) is 40.2 Å². The Kier molecular flexibility index (Phi) is 3.96. The molecule has 0 aliphatic heterocycles. The fourth-order valence-corrected chi connectivity index (χ4v) is 2.52. The van der Waals surface area contributed by atoms with Crippen molar-refractivity contribution < 1.29 is 14.3 Å². The highest BCUT2D eigenvalue weighted by Gasteiger charge is 2.18. The molecule has 0 amide bonds. The topological polar surface area (TPSA) is 42.6 Å². The molecule has 1 heterocycles. The van der Waals surface area contributed by atoms with Crippen LogP contribution in [0.1, 0.15) is 41.0 Å². The molecule has 1 unspecified atom stereocenters. The number of benzene rings is 1. The van der Waals surface area contributed by atoms with Crippen LogP contribution in [0.3, 0.4) is 0 Å². The van der Waals surface area contributed by atoms with Crippen molar-refractivity contribution in [3.05, 3.63) is 52.5 Å². The largest absolute Gasteiger partial charge is 0.496 e. The lowest BCUT2D eigenvalue weighted by atomic mass is 9.97. The Labute approximate surface area is 113 Å². The summed E-state index contributed by atoms with van der Waals surface area (Å²) in [6.45, 7) is 5.98. The van der Waals surface area contributed by atoms with Crippen molar-refractivity contribution in [3.8, 4) is 5.75 Å².